The molecule has 2 unspecified atom stereocenters. The molecule has 0 saturated heterocycles. The zero-order valence-electron chi connectivity index (χ0n) is 26.5. The van der Waals surface area contributed by atoms with Gasteiger partial charge >= 0.3 is 0 Å². The Bertz CT molecular complexity index is 1820. The Morgan fingerprint density at radius 1 is 0.804 bits per heavy atom. The molecule has 0 amide bonds. The van der Waals surface area contributed by atoms with E-state index in [1.54, 1.807) is 19.2 Å². The number of benzene rings is 4. The van der Waals surface area contributed by atoms with Crippen LogP contribution >= 0.6 is 0 Å². The standard InChI is InChI=1S/C31H21F2N2.C8H18O2.Pt/c32-23-14-17-27(28(33)19-23)29-18-13-22(20-34-29)10-9-21-11-15-24(16-12-21)35-30-7-3-1-5-25(30)26-6-2-4-8-31(26)35;1-6(9)5-7(10)8(2,3)4;/h1-8,11-16,18-20H,9-10H2;6-7,9-10H,5H2,1-4H3;/q-1;;. The molecule has 6 aromatic rings. The van der Waals surface area contributed by atoms with Crippen LogP contribution in [-0.2, 0) is 33.9 Å². The molecule has 46 heavy (non-hydrogen) atoms. The van der Waals surface area contributed by atoms with E-state index in [1.807, 2.05) is 26.8 Å². The number of aliphatic hydroxyl groups excluding tert-OH is 2. The Morgan fingerprint density at radius 2 is 1.37 bits per heavy atom. The predicted octanol–water partition coefficient (Wildman–Crippen LogP) is 8.87. The van der Waals surface area contributed by atoms with Crippen molar-refractivity contribution in [3.05, 3.63) is 132 Å². The van der Waals surface area contributed by atoms with Crippen molar-refractivity contribution in [2.24, 2.45) is 5.41 Å². The first-order valence-corrected chi connectivity index (χ1v) is 15.3. The van der Waals surface area contributed by atoms with Gasteiger partial charge in [0, 0.05) is 55.4 Å². The summed E-state index contributed by atoms with van der Waals surface area (Å²) in [4.78, 5) is 4.36. The summed E-state index contributed by atoms with van der Waals surface area (Å²) in [6.07, 6.45) is 3.08. The molecular formula is C39H39F2N2O2Pt-. The van der Waals surface area contributed by atoms with Crippen LogP contribution in [0, 0.1) is 23.1 Å². The normalized spacial score (nSPS) is 12.7. The van der Waals surface area contributed by atoms with Gasteiger partial charge in [0.05, 0.1) is 23.2 Å². The maximum Gasteiger partial charge on any atom is 0.0613 e. The van der Waals surface area contributed by atoms with E-state index >= 15 is 0 Å². The SMILES string of the molecule is CC(O)CC(O)C(C)(C)C.Fc1c[c-]c(-c2ccc(CCc3ccc(-n4c5ccccc5c5ccccc54)cc3)cn2)c(F)c1.[Pt]. The van der Waals surface area contributed by atoms with Crippen LogP contribution in [0.4, 0.5) is 8.78 Å². The largest absolute Gasteiger partial charge is 0.393 e. The smallest absolute Gasteiger partial charge is 0.0613 e. The van der Waals surface area contributed by atoms with E-state index in [4.69, 9.17) is 5.11 Å². The van der Waals surface area contributed by atoms with Crippen molar-refractivity contribution in [1.29, 1.82) is 0 Å². The number of aryl methyl sites for hydroxylation is 2. The molecule has 0 saturated carbocycles. The second kappa shape index (κ2) is 15.3. The fraction of sp³-hybridized carbons (Fsp3) is 0.256. The van der Waals surface area contributed by atoms with Gasteiger partial charge in [0.15, 0.2) is 0 Å². The third-order valence-electron chi connectivity index (χ3n) is 7.98. The van der Waals surface area contributed by atoms with Gasteiger partial charge in [-0.25, -0.2) is 0 Å². The van der Waals surface area contributed by atoms with Crippen LogP contribution in [0.3, 0.4) is 0 Å². The molecule has 0 aliphatic rings. The van der Waals surface area contributed by atoms with Gasteiger partial charge in [-0.15, -0.1) is 12.1 Å². The van der Waals surface area contributed by atoms with E-state index in [0.717, 1.165) is 36.2 Å². The molecule has 4 nitrogen and oxygen atoms in total. The number of aromatic nitrogens is 2. The van der Waals surface area contributed by atoms with Gasteiger partial charge in [-0.05, 0) is 72.7 Å². The Labute approximate surface area is 284 Å². The predicted molar refractivity (Wildman–Crippen MR) is 178 cm³/mol. The van der Waals surface area contributed by atoms with Crippen molar-refractivity contribution >= 4 is 21.8 Å². The zero-order chi connectivity index (χ0) is 32.1. The summed E-state index contributed by atoms with van der Waals surface area (Å²) < 4.78 is 29.4. The first-order valence-electron chi connectivity index (χ1n) is 15.3. The van der Waals surface area contributed by atoms with Gasteiger partial charge in [0.1, 0.15) is 0 Å². The van der Waals surface area contributed by atoms with Crippen LogP contribution in [0.25, 0.3) is 38.8 Å². The second-order valence-corrected chi connectivity index (χ2v) is 12.6. The number of pyridine rings is 1. The minimum absolute atomic E-state index is 0. The number of nitrogens with zero attached hydrogens (tertiary/aromatic N) is 2. The maximum absolute atomic E-state index is 14.0. The van der Waals surface area contributed by atoms with Gasteiger partial charge in [0.25, 0.3) is 0 Å². The Kier molecular flexibility index (Phi) is 11.7. The average Bonchev–Trinajstić information content (AvgIpc) is 3.35. The monoisotopic (exact) mass is 800 g/mol. The Morgan fingerprint density at radius 3 is 1.87 bits per heavy atom. The molecule has 2 heterocycles. The van der Waals surface area contributed by atoms with Crippen molar-refractivity contribution in [1.82, 2.24) is 9.55 Å². The molecule has 0 aliphatic carbocycles. The number of para-hydroxylation sites is 2. The van der Waals surface area contributed by atoms with Crippen molar-refractivity contribution in [2.75, 3.05) is 0 Å². The molecule has 0 bridgehead atoms. The Balaban J connectivity index is 0.000000381. The summed E-state index contributed by atoms with van der Waals surface area (Å²) in [5, 5.41) is 20.8. The first kappa shape index (κ1) is 35.2. The molecule has 0 fully saturated rings. The van der Waals surface area contributed by atoms with Gasteiger partial charge < -0.3 is 19.8 Å². The molecular weight excluding hydrogens is 762 g/mol. The first-order chi connectivity index (χ1) is 21.5. The van der Waals surface area contributed by atoms with Crippen molar-refractivity contribution < 1.29 is 40.1 Å². The molecule has 242 valence electrons. The third kappa shape index (κ3) is 8.36. The minimum atomic E-state index is -0.659. The van der Waals surface area contributed by atoms with Crippen molar-refractivity contribution in [3.8, 4) is 16.9 Å². The van der Waals surface area contributed by atoms with Gasteiger partial charge in [-0.3, -0.25) is 8.78 Å². The van der Waals surface area contributed by atoms with Crippen LogP contribution in [0.1, 0.15) is 45.2 Å². The molecule has 2 N–H and O–H groups in total. The number of aliphatic hydroxyl groups is 2. The molecule has 2 aromatic heterocycles. The average molecular weight is 801 g/mol. The molecule has 7 heteroatoms. The summed E-state index contributed by atoms with van der Waals surface area (Å²) in [6, 6.07) is 34.0. The summed E-state index contributed by atoms with van der Waals surface area (Å²) in [7, 11) is 0. The molecule has 0 radical (unpaired) electrons. The molecule has 0 aliphatic heterocycles. The zero-order valence-corrected chi connectivity index (χ0v) is 28.7. The van der Waals surface area contributed by atoms with E-state index in [0.29, 0.717) is 12.1 Å². The molecule has 2 atom stereocenters. The van der Waals surface area contributed by atoms with E-state index in [-0.39, 0.29) is 32.0 Å². The topological polar surface area (TPSA) is 58.3 Å². The summed E-state index contributed by atoms with van der Waals surface area (Å²) in [5.41, 5.74) is 6.33. The van der Waals surface area contributed by atoms with E-state index in [2.05, 4.69) is 88.4 Å². The number of fused-ring (bicyclic) bond motifs is 3. The van der Waals surface area contributed by atoms with Crippen LogP contribution < -0.4 is 0 Å². The van der Waals surface area contributed by atoms with Crippen molar-refractivity contribution in [2.45, 2.75) is 59.2 Å². The van der Waals surface area contributed by atoms with Gasteiger partial charge in [0.2, 0.25) is 0 Å². The number of hydrogen-bond acceptors (Lipinski definition) is 3. The number of hydrogen-bond donors (Lipinski definition) is 2. The summed E-state index contributed by atoms with van der Waals surface area (Å²) in [6.45, 7) is 7.56. The van der Waals surface area contributed by atoms with Gasteiger partial charge in [-0.2, -0.15) is 0 Å². The summed E-state index contributed by atoms with van der Waals surface area (Å²) in [5.74, 6) is -1.30. The van der Waals surface area contributed by atoms with E-state index in [1.165, 1.54) is 27.4 Å². The van der Waals surface area contributed by atoms with E-state index in [9.17, 15) is 13.9 Å². The summed E-state index contributed by atoms with van der Waals surface area (Å²) >= 11 is 0. The minimum Gasteiger partial charge on any atom is -0.393 e. The third-order valence-corrected chi connectivity index (χ3v) is 7.98. The van der Waals surface area contributed by atoms with Crippen LogP contribution in [0.5, 0.6) is 0 Å². The van der Waals surface area contributed by atoms with Gasteiger partial charge in [-0.1, -0.05) is 93.1 Å². The molecule has 0 spiro atoms. The second-order valence-electron chi connectivity index (χ2n) is 12.6. The maximum atomic E-state index is 14.0. The van der Waals surface area contributed by atoms with Crippen LogP contribution in [0.2, 0.25) is 0 Å². The van der Waals surface area contributed by atoms with E-state index < -0.39 is 23.8 Å². The molecule has 4 aromatic carbocycles. The Hall–Kier alpha value is -3.70. The molecule has 6 rings (SSSR count). The van der Waals surface area contributed by atoms with Crippen LogP contribution in [-0.4, -0.2) is 32.0 Å². The van der Waals surface area contributed by atoms with Crippen LogP contribution in [0.15, 0.2) is 103 Å². The number of halogens is 2. The fourth-order valence-corrected chi connectivity index (χ4v) is 5.34. The number of rotatable bonds is 7. The van der Waals surface area contributed by atoms with Crippen molar-refractivity contribution in [3.63, 3.8) is 0 Å². The fourth-order valence-electron chi connectivity index (χ4n) is 5.34. The quantitative estimate of drug-likeness (QED) is 0.159.